The standard InChI is InChI=1S/C13H22N2O4/c1-8(2)6-5-7-14-13(19)15-11(16)9(3)10(4)12(17)18/h8H,5-7H2,1-4H3,(H,17,18)(H2,14,15,16,19). The molecule has 0 atom stereocenters. The molecule has 6 heteroatoms. The minimum atomic E-state index is -1.18. The second-order valence-corrected chi connectivity index (χ2v) is 4.80. The maximum absolute atomic E-state index is 11.5. The minimum Gasteiger partial charge on any atom is -0.478 e. The van der Waals surface area contributed by atoms with Gasteiger partial charge < -0.3 is 10.4 Å². The average molecular weight is 270 g/mol. The number of nitrogens with one attached hydrogen (secondary N) is 2. The summed E-state index contributed by atoms with van der Waals surface area (Å²) in [4.78, 5) is 33.6. The first-order valence-corrected chi connectivity index (χ1v) is 6.25. The summed E-state index contributed by atoms with van der Waals surface area (Å²) in [6, 6.07) is -0.605. The van der Waals surface area contributed by atoms with Crippen LogP contribution >= 0.6 is 0 Å². The molecule has 6 nitrogen and oxygen atoms in total. The maximum atomic E-state index is 11.5. The van der Waals surface area contributed by atoms with E-state index in [1.165, 1.54) is 13.8 Å². The molecule has 0 unspecified atom stereocenters. The zero-order valence-electron chi connectivity index (χ0n) is 11.9. The Labute approximate surface area is 113 Å². The lowest BCUT2D eigenvalue weighted by atomic mass is 10.1. The highest BCUT2D eigenvalue weighted by molar-refractivity contribution is 6.07. The van der Waals surface area contributed by atoms with Gasteiger partial charge in [0.05, 0.1) is 0 Å². The highest BCUT2D eigenvalue weighted by Crippen LogP contribution is 2.03. The van der Waals surface area contributed by atoms with Crippen LogP contribution in [0.15, 0.2) is 11.1 Å². The maximum Gasteiger partial charge on any atom is 0.331 e. The van der Waals surface area contributed by atoms with Gasteiger partial charge in [-0.25, -0.2) is 9.59 Å². The molecule has 0 aliphatic rings. The van der Waals surface area contributed by atoms with Gasteiger partial charge in [-0.2, -0.15) is 0 Å². The quantitative estimate of drug-likeness (QED) is 0.505. The molecule has 108 valence electrons. The number of amides is 3. The molecular formula is C13H22N2O4. The Balaban J connectivity index is 4.17. The van der Waals surface area contributed by atoms with Crippen LogP contribution in [0.2, 0.25) is 0 Å². The summed E-state index contributed by atoms with van der Waals surface area (Å²) in [6.07, 6.45) is 1.83. The molecule has 19 heavy (non-hydrogen) atoms. The van der Waals surface area contributed by atoms with Gasteiger partial charge in [0.1, 0.15) is 0 Å². The zero-order chi connectivity index (χ0) is 15.0. The van der Waals surface area contributed by atoms with Crippen LogP contribution < -0.4 is 10.6 Å². The van der Waals surface area contributed by atoms with Crippen LogP contribution in [-0.2, 0) is 9.59 Å². The van der Waals surface area contributed by atoms with Crippen molar-refractivity contribution in [3.05, 3.63) is 11.1 Å². The Morgan fingerprint density at radius 2 is 1.68 bits per heavy atom. The third-order valence-corrected chi connectivity index (χ3v) is 2.69. The number of imide groups is 1. The van der Waals surface area contributed by atoms with Gasteiger partial charge in [0, 0.05) is 17.7 Å². The van der Waals surface area contributed by atoms with Crippen LogP contribution in [0.1, 0.15) is 40.5 Å². The van der Waals surface area contributed by atoms with Crippen molar-refractivity contribution in [3.63, 3.8) is 0 Å². The summed E-state index contributed by atoms with van der Waals surface area (Å²) in [6.45, 7) is 7.35. The number of rotatable bonds is 6. The normalized spacial score (nSPS) is 11.8. The van der Waals surface area contributed by atoms with E-state index in [1.54, 1.807) is 0 Å². The van der Waals surface area contributed by atoms with Crippen LogP contribution in [0.3, 0.4) is 0 Å². The molecule has 0 fully saturated rings. The van der Waals surface area contributed by atoms with Crippen molar-refractivity contribution in [2.45, 2.75) is 40.5 Å². The van der Waals surface area contributed by atoms with Crippen molar-refractivity contribution in [3.8, 4) is 0 Å². The molecule has 0 radical (unpaired) electrons. The van der Waals surface area contributed by atoms with E-state index in [1.807, 2.05) is 0 Å². The van der Waals surface area contributed by atoms with Gasteiger partial charge in [-0.1, -0.05) is 13.8 Å². The number of aliphatic carboxylic acids is 1. The Bertz CT molecular complexity index is 386. The van der Waals surface area contributed by atoms with Crippen molar-refractivity contribution in [1.82, 2.24) is 10.6 Å². The summed E-state index contributed by atoms with van der Waals surface area (Å²) >= 11 is 0. The number of carboxylic acid groups (broad SMARTS) is 1. The molecule has 3 amide bonds. The smallest absolute Gasteiger partial charge is 0.331 e. The van der Waals surface area contributed by atoms with Crippen LogP contribution in [0.5, 0.6) is 0 Å². The molecule has 0 aliphatic heterocycles. The number of carbonyl (C=O) groups excluding carboxylic acids is 2. The predicted molar refractivity (Wildman–Crippen MR) is 71.6 cm³/mol. The van der Waals surface area contributed by atoms with Crippen LogP contribution in [0, 0.1) is 5.92 Å². The highest BCUT2D eigenvalue weighted by Gasteiger charge is 2.14. The highest BCUT2D eigenvalue weighted by atomic mass is 16.4. The number of urea groups is 1. The second-order valence-electron chi connectivity index (χ2n) is 4.80. The van der Waals surface area contributed by atoms with Crippen molar-refractivity contribution in [2.75, 3.05) is 6.54 Å². The first-order valence-electron chi connectivity index (χ1n) is 6.25. The lowest BCUT2D eigenvalue weighted by Gasteiger charge is -2.08. The van der Waals surface area contributed by atoms with E-state index >= 15 is 0 Å². The summed E-state index contributed by atoms with van der Waals surface area (Å²) in [5.41, 5.74) is -0.0602. The third kappa shape index (κ3) is 7.23. The van der Waals surface area contributed by atoms with E-state index in [-0.39, 0.29) is 11.1 Å². The largest absolute Gasteiger partial charge is 0.478 e. The van der Waals surface area contributed by atoms with Gasteiger partial charge in [-0.15, -0.1) is 0 Å². The fourth-order valence-corrected chi connectivity index (χ4v) is 1.28. The Morgan fingerprint density at radius 3 is 2.16 bits per heavy atom. The van der Waals surface area contributed by atoms with Gasteiger partial charge in [-0.05, 0) is 32.6 Å². The van der Waals surface area contributed by atoms with Crippen LogP contribution in [-0.4, -0.2) is 29.6 Å². The number of hydrogen-bond donors (Lipinski definition) is 3. The summed E-state index contributed by atoms with van der Waals surface area (Å²) in [7, 11) is 0. The summed E-state index contributed by atoms with van der Waals surface area (Å²) < 4.78 is 0. The van der Waals surface area contributed by atoms with Crippen molar-refractivity contribution < 1.29 is 19.5 Å². The van der Waals surface area contributed by atoms with E-state index in [2.05, 4.69) is 24.5 Å². The molecule has 0 rings (SSSR count). The lowest BCUT2D eigenvalue weighted by molar-refractivity contribution is -0.133. The molecule has 3 N–H and O–H groups in total. The van der Waals surface area contributed by atoms with Crippen molar-refractivity contribution in [2.24, 2.45) is 5.92 Å². The van der Waals surface area contributed by atoms with E-state index in [0.29, 0.717) is 12.5 Å². The molecule has 0 saturated heterocycles. The first-order chi connectivity index (χ1) is 8.75. The summed E-state index contributed by atoms with van der Waals surface area (Å²) in [5, 5.41) is 13.4. The molecule has 0 aromatic heterocycles. The van der Waals surface area contributed by atoms with Crippen LogP contribution in [0.4, 0.5) is 4.79 Å². The molecule has 0 aromatic carbocycles. The molecule has 0 spiro atoms. The van der Waals surface area contributed by atoms with Gasteiger partial charge in [0.2, 0.25) is 0 Å². The summed E-state index contributed by atoms with van der Waals surface area (Å²) in [5.74, 6) is -1.30. The topological polar surface area (TPSA) is 95.5 Å². The Kier molecular flexibility index (Phi) is 7.48. The first kappa shape index (κ1) is 17.2. The average Bonchev–Trinajstić information content (AvgIpc) is 2.32. The Hall–Kier alpha value is -1.85. The van der Waals surface area contributed by atoms with Gasteiger partial charge >= 0.3 is 12.0 Å². The molecule has 0 aliphatic carbocycles. The second kappa shape index (κ2) is 8.29. The van der Waals surface area contributed by atoms with E-state index in [9.17, 15) is 14.4 Å². The molecule has 0 heterocycles. The van der Waals surface area contributed by atoms with E-state index < -0.39 is 17.9 Å². The minimum absolute atomic E-state index is 0.0184. The van der Waals surface area contributed by atoms with Crippen molar-refractivity contribution >= 4 is 17.9 Å². The van der Waals surface area contributed by atoms with Crippen LogP contribution in [0.25, 0.3) is 0 Å². The van der Waals surface area contributed by atoms with Gasteiger partial charge in [0.15, 0.2) is 0 Å². The third-order valence-electron chi connectivity index (χ3n) is 2.69. The zero-order valence-corrected chi connectivity index (χ0v) is 11.9. The van der Waals surface area contributed by atoms with Gasteiger partial charge in [0.25, 0.3) is 5.91 Å². The number of carboxylic acids is 1. The van der Waals surface area contributed by atoms with Gasteiger partial charge in [-0.3, -0.25) is 10.1 Å². The van der Waals surface area contributed by atoms with E-state index in [0.717, 1.165) is 12.8 Å². The predicted octanol–water partition coefficient (Wildman–Crippen LogP) is 1.67. The molecular weight excluding hydrogens is 248 g/mol. The monoisotopic (exact) mass is 270 g/mol. The van der Waals surface area contributed by atoms with E-state index in [4.69, 9.17) is 5.11 Å². The SMILES string of the molecule is CC(C(=O)O)=C(C)C(=O)NC(=O)NCCCC(C)C. The molecule has 0 bridgehead atoms. The molecule has 0 saturated carbocycles. The molecule has 0 aromatic rings. The fraction of sp³-hybridized carbons (Fsp3) is 0.615. The van der Waals surface area contributed by atoms with Crippen molar-refractivity contribution in [1.29, 1.82) is 0 Å². The lowest BCUT2D eigenvalue weighted by Crippen LogP contribution is -2.40. The number of hydrogen-bond acceptors (Lipinski definition) is 3. The fourth-order valence-electron chi connectivity index (χ4n) is 1.28. The number of carbonyl (C=O) groups is 3. The Morgan fingerprint density at radius 1 is 1.11 bits per heavy atom.